The Balaban J connectivity index is 1.76. The lowest BCUT2D eigenvalue weighted by atomic mass is 10.0. The van der Waals surface area contributed by atoms with Gasteiger partial charge in [0, 0.05) is 5.56 Å². The summed E-state index contributed by atoms with van der Waals surface area (Å²) in [5, 5.41) is 12.8. The molecule has 0 amide bonds. The molecule has 2 aromatic carbocycles. The lowest BCUT2D eigenvalue weighted by Gasteiger charge is -2.07. The molecule has 0 saturated carbocycles. The van der Waals surface area contributed by atoms with Crippen LogP contribution >= 0.6 is 0 Å². The molecule has 0 aliphatic rings. The van der Waals surface area contributed by atoms with Crippen molar-refractivity contribution in [3.63, 3.8) is 0 Å². The highest BCUT2D eigenvalue weighted by Crippen LogP contribution is 2.22. The molecule has 24 heavy (non-hydrogen) atoms. The monoisotopic (exact) mass is 327 g/mol. The lowest BCUT2D eigenvalue weighted by molar-refractivity contribution is 0.402. The average Bonchev–Trinajstić information content (AvgIpc) is 2.58. The van der Waals surface area contributed by atoms with Crippen molar-refractivity contribution in [2.45, 2.75) is 13.0 Å². The summed E-state index contributed by atoms with van der Waals surface area (Å²) in [6.07, 6.45) is 0.468. The third kappa shape index (κ3) is 3.24. The molecule has 0 aliphatic heterocycles. The first-order valence-electron chi connectivity index (χ1n) is 7.29. The predicted molar refractivity (Wildman–Crippen MR) is 86.3 cm³/mol. The van der Waals surface area contributed by atoms with Crippen LogP contribution in [-0.4, -0.2) is 19.9 Å². The standard InChI is InChI=1S/C17H14FN3O3/c18-14-4-2-1-3-13(14)12-7-5-11(6-8-12)9-10-21-17(24)19-15(22)16(23)20-21/h1-8H,9-10H2,(H,20,23)(H,19,22,24). The Morgan fingerprint density at radius 2 is 1.79 bits per heavy atom. The zero-order valence-corrected chi connectivity index (χ0v) is 12.6. The zero-order valence-electron chi connectivity index (χ0n) is 12.6. The van der Waals surface area contributed by atoms with Crippen molar-refractivity contribution in [2.75, 3.05) is 0 Å². The van der Waals surface area contributed by atoms with Gasteiger partial charge >= 0.3 is 11.2 Å². The molecule has 0 unspecified atom stereocenters. The maximum Gasteiger partial charge on any atom is 0.344 e. The van der Waals surface area contributed by atoms with Crippen LogP contribution in [-0.2, 0) is 13.0 Å². The summed E-state index contributed by atoms with van der Waals surface area (Å²) in [4.78, 5) is 24.6. The first-order valence-corrected chi connectivity index (χ1v) is 7.29. The third-order valence-electron chi connectivity index (χ3n) is 3.62. The summed E-state index contributed by atoms with van der Waals surface area (Å²) in [6.45, 7) is 0.197. The van der Waals surface area contributed by atoms with Gasteiger partial charge in [0.1, 0.15) is 5.82 Å². The normalized spacial score (nSPS) is 10.7. The Morgan fingerprint density at radius 3 is 2.50 bits per heavy atom. The van der Waals surface area contributed by atoms with Crippen molar-refractivity contribution in [3.05, 3.63) is 80.7 Å². The molecule has 1 heterocycles. The highest BCUT2D eigenvalue weighted by atomic mass is 19.1. The third-order valence-corrected chi connectivity index (χ3v) is 3.62. The Morgan fingerprint density at radius 1 is 1.08 bits per heavy atom. The van der Waals surface area contributed by atoms with Crippen molar-refractivity contribution >= 4 is 0 Å². The van der Waals surface area contributed by atoms with Crippen LogP contribution < -0.4 is 11.2 Å². The minimum Gasteiger partial charge on any atom is -0.488 e. The molecule has 2 N–H and O–H groups in total. The highest BCUT2D eigenvalue weighted by molar-refractivity contribution is 5.64. The van der Waals surface area contributed by atoms with Crippen LogP contribution in [0.4, 0.5) is 4.39 Å². The van der Waals surface area contributed by atoms with Gasteiger partial charge in [-0.05, 0) is 23.6 Å². The first-order chi connectivity index (χ1) is 11.5. The maximum atomic E-state index is 13.8. The van der Waals surface area contributed by atoms with E-state index < -0.39 is 17.1 Å². The molecule has 0 bridgehead atoms. The van der Waals surface area contributed by atoms with Crippen molar-refractivity contribution in [3.8, 4) is 17.0 Å². The van der Waals surface area contributed by atoms with Gasteiger partial charge in [-0.1, -0.05) is 42.5 Å². The van der Waals surface area contributed by atoms with Gasteiger partial charge in [-0.15, -0.1) is 5.10 Å². The van der Waals surface area contributed by atoms with Crippen molar-refractivity contribution in [2.24, 2.45) is 0 Å². The van der Waals surface area contributed by atoms with E-state index in [4.69, 9.17) is 0 Å². The van der Waals surface area contributed by atoms with Crippen LogP contribution in [0.5, 0.6) is 5.88 Å². The molecule has 1 aromatic heterocycles. The Labute approximate surface area is 135 Å². The summed E-state index contributed by atoms with van der Waals surface area (Å²) < 4.78 is 14.7. The molecule has 3 aromatic rings. The molecule has 0 fully saturated rings. The van der Waals surface area contributed by atoms with Crippen LogP contribution in [0.2, 0.25) is 0 Å². The molecular formula is C17H14FN3O3. The van der Waals surface area contributed by atoms with Crippen LogP contribution in [0.3, 0.4) is 0 Å². The Kier molecular flexibility index (Phi) is 4.24. The Hall–Kier alpha value is -3.22. The minimum atomic E-state index is -0.912. The molecular weight excluding hydrogens is 313 g/mol. The molecule has 0 radical (unpaired) electrons. The number of rotatable bonds is 4. The second-order valence-electron chi connectivity index (χ2n) is 5.23. The largest absolute Gasteiger partial charge is 0.488 e. The van der Waals surface area contributed by atoms with E-state index in [1.165, 1.54) is 6.07 Å². The van der Waals surface area contributed by atoms with E-state index in [0.717, 1.165) is 15.8 Å². The molecule has 122 valence electrons. The molecule has 0 saturated heterocycles. The second-order valence-corrected chi connectivity index (χ2v) is 5.23. The number of aromatic hydroxyl groups is 1. The summed E-state index contributed by atoms with van der Waals surface area (Å²) >= 11 is 0. The number of H-pyrrole nitrogens is 1. The van der Waals surface area contributed by atoms with E-state index in [0.29, 0.717) is 12.0 Å². The second kappa shape index (κ2) is 6.49. The van der Waals surface area contributed by atoms with Crippen molar-refractivity contribution < 1.29 is 9.50 Å². The van der Waals surface area contributed by atoms with E-state index in [1.807, 2.05) is 17.1 Å². The molecule has 6 nitrogen and oxygen atoms in total. The van der Waals surface area contributed by atoms with Crippen LogP contribution in [0.15, 0.2) is 58.1 Å². The zero-order chi connectivity index (χ0) is 17.1. The Bertz CT molecular complexity index is 977. The number of hydrogen-bond donors (Lipinski definition) is 2. The predicted octanol–water partition coefficient (Wildman–Crippen LogP) is 1.69. The number of hydrogen-bond acceptors (Lipinski definition) is 4. The minimum absolute atomic E-state index is 0.197. The number of aromatic nitrogens is 3. The van der Waals surface area contributed by atoms with Gasteiger partial charge < -0.3 is 5.11 Å². The van der Waals surface area contributed by atoms with Gasteiger partial charge in [-0.25, -0.2) is 13.9 Å². The molecule has 0 atom stereocenters. The molecule has 0 aliphatic carbocycles. The molecule has 3 rings (SSSR count). The summed E-state index contributed by atoms with van der Waals surface area (Å²) in [5.74, 6) is -1.03. The quantitative estimate of drug-likeness (QED) is 0.763. The number of nitrogens with one attached hydrogen (secondary N) is 1. The fraction of sp³-hybridized carbons (Fsp3) is 0.118. The first kappa shape index (κ1) is 15.7. The van der Waals surface area contributed by atoms with E-state index in [1.54, 1.807) is 30.3 Å². The topological polar surface area (TPSA) is 88.0 Å². The van der Waals surface area contributed by atoms with Crippen molar-refractivity contribution in [1.29, 1.82) is 0 Å². The van der Waals surface area contributed by atoms with Gasteiger partial charge in [-0.3, -0.25) is 9.78 Å². The number of aryl methyl sites for hydroxylation is 2. The van der Waals surface area contributed by atoms with E-state index in [-0.39, 0.29) is 12.4 Å². The summed E-state index contributed by atoms with van der Waals surface area (Å²) in [6, 6.07) is 13.8. The van der Waals surface area contributed by atoms with Crippen molar-refractivity contribution in [1.82, 2.24) is 14.8 Å². The van der Waals surface area contributed by atoms with E-state index in [2.05, 4.69) is 5.10 Å². The summed E-state index contributed by atoms with van der Waals surface area (Å²) in [5.41, 5.74) is 0.599. The van der Waals surface area contributed by atoms with Crippen LogP contribution in [0.1, 0.15) is 5.56 Å². The highest BCUT2D eigenvalue weighted by Gasteiger charge is 2.06. The van der Waals surface area contributed by atoms with Gasteiger partial charge in [0.2, 0.25) is 0 Å². The molecule has 7 heteroatoms. The maximum absolute atomic E-state index is 13.8. The summed E-state index contributed by atoms with van der Waals surface area (Å²) in [7, 11) is 0. The van der Waals surface area contributed by atoms with Gasteiger partial charge in [0.25, 0.3) is 5.88 Å². The fourth-order valence-electron chi connectivity index (χ4n) is 2.36. The average molecular weight is 327 g/mol. The van der Waals surface area contributed by atoms with Gasteiger partial charge in [0.05, 0.1) is 6.54 Å². The van der Waals surface area contributed by atoms with E-state index >= 15 is 0 Å². The number of aromatic amines is 1. The fourth-order valence-corrected chi connectivity index (χ4v) is 2.36. The van der Waals surface area contributed by atoms with Crippen LogP contribution in [0.25, 0.3) is 11.1 Å². The lowest BCUT2D eigenvalue weighted by Crippen LogP contribution is -2.32. The number of nitrogens with zero attached hydrogens (tertiary/aromatic N) is 2. The number of benzene rings is 2. The molecule has 0 spiro atoms. The van der Waals surface area contributed by atoms with E-state index in [9.17, 15) is 19.1 Å². The van der Waals surface area contributed by atoms with Crippen LogP contribution in [0, 0.1) is 5.82 Å². The van der Waals surface area contributed by atoms with Gasteiger partial charge in [0.15, 0.2) is 0 Å². The van der Waals surface area contributed by atoms with Gasteiger partial charge in [-0.2, -0.15) is 0 Å². The smallest absolute Gasteiger partial charge is 0.344 e. The number of halogens is 1. The SMILES string of the molecule is O=c1[nH]c(=O)n(CCc2ccc(-c3ccccc3F)cc2)nc1O.